The van der Waals surface area contributed by atoms with Crippen LogP contribution in [0.25, 0.3) is 0 Å². The van der Waals surface area contributed by atoms with Crippen LogP contribution in [0.4, 0.5) is 0 Å². The average molecular weight is 260 g/mol. The van der Waals surface area contributed by atoms with Crippen molar-refractivity contribution in [1.29, 1.82) is 0 Å². The number of hydrogen-bond acceptors (Lipinski definition) is 2. The Morgan fingerprint density at radius 2 is 1.94 bits per heavy atom. The van der Waals surface area contributed by atoms with E-state index in [1.165, 1.54) is 24.1 Å². The summed E-state index contributed by atoms with van der Waals surface area (Å²) >= 11 is 7.73. The van der Waals surface area contributed by atoms with Gasteiger partial charge in [0.2, 0.25) is 0 Å². The van der Waals surface area contributed by atoms with Gasteiger partial charge in [0.25, 0.3) is 0 Å². The molecule has 92 valence electrons. The van der Waals surface area contributed by atoms with Crippen LogP contribution in [0.3, 0.4) is 0 Å². The zero-order chi connectivity index (χ0) is 12.0. The van der Waals surface area contributed by atoms with E-state index in [4.69, 9.17) is 11.6 Å². The van der Waals surface area contributed by atoms with Crippen molar-refractivity contribution < 1.29 is 0 Å². The minimum Gasteiger partial charge on any atom is -0.309 e. The monoisotopic (exact) mass is 259 g/mol. The molecule has 0 amide bonds. The van der Waals surface area contributed by atoms with Gasteiger partial charge in [-0.1, -0.05) is 45.2 Å². The van der Waals surface area contributed by atoms with E-state index in [9.17, 15) is 0 Å². The van der Waals surface area contributed by atoms with Gasteiger partial charge < -0.3 is 5.32 Å². The smallest absolute Gasteiger partial charge is 0.0931 e. The zero-order valence-electron chi connectivity index (χ0n) is 10.4. The highest BCUT2D eigenvalue weighted by atomic mass is 35.5. The van der Waals surface area contributed by atoms with Gasteiger partial charge in [-0.2, -0.15) is 0 Å². The van der Waals surface area contributed by atoms with E-state index in [0.717, 1.165) is 10.9 Å². The lowest BCUT2D eigenvalue weighted by Gasteiger charge is -2.25. The molecule has 0 fully saturated rings. The quantitative estimate of drug-likeness (QED) is 0.736. The highest BCUT2D eigenvalue weighted by Gasteiger charge is 2.20. The molecular formula is C13H22ClNS. The minimum absolute atomic E-state index is 0.479. The van der Waals surface area contributed by atoms with E-state index in [-0.39, 0.29) is 0 Å². The van der Waals surface area contributed by atoms with Crippen molar-refractivity contribution >= 4 is 22.9 Å². The van der Waals surface area contributed by atoms with Crippen LogP contribution in [-0.2, 0) is 0 Å². The molecule has 0 spiro atoms. The molecule has 0 aliphatic heterocycles. The lowest BCUT2D eigenvalue weighted by atomic mass is 9.93. The highest BCUT2D eigenvalue weighted by Crippen LogP contribution is 2.33. The SMILES string of the molecule is CCCNC(c1ccc(Cl)s1)C(CC)CC. The predicted octanol–water partition coefficient (Wildman–Crippen LogP) is 4.88. The Balaban J connectivity index is 2.77. The van der Waals surface area contributed by atoms with Crippen LogP contribution in [0.2, 0.25) is 4.34 Å². The molecule has 0 aromatic carbocycles. The molecule has 1 heterocycles. The van der Waals surface area contributed by atoms with Crippen LogP contribution >= 0.6 is 22.9 Å². The molecule has 1 aromatic rings. The topological polar surface area (TPSA) is 12.0 Å². The van der Waals surface area contributed by atoms with Gasteiger partial charge in [0, 0.05) is 10.9 Å². The van der Waals surface area contributed by atoms with Crippen molar-refractivity contribution in [1.82, 2.24) is 5.32 Å². The van der Waals surface area contributed by atoms with Gasteiger partial charge in [-0.15, -0.1) is 11.3 Å². The summed E-state index contributed by atoms with van der Waals surface area (Å²) in [5, 5.41) is 3.65. The van der Waals surface area contributed by atoms with Crippen LogP contribution in [0, 0.1) is 5.92 Å². The molecule has 1 unspecified atom stereocenters. The van der Waals surface area contributed by atoms with Crippen LogP contribution in [0.1, 0.15) is 51.0 Å². The van der Waals surface area contributed by atoms with Gasteiger partial charge in [0.15, 0.2) is 0 Å². The fourth-order valence-electron chi connectivity index (χ4n) is 2.05. The Morgan fingerprint density at radius 3 is 2.38 bits per heavy atom. The fraction of sp³-hybridized carbons (Fsp3) is 0.692. The average Bonchev–Trinajstić information content (AvgIpc) is 2.71. The van der Waals surface area contributed by atoms with E-state index in [2.05, 4.69) is 32.2 Å². The van der Waals surface area contributed by atoms with E-state index in [1.807, 2.05) is 6.07 Å². The molecular weight excluding hydrogens is 238 g/mol. The maximum atomic E-state index is 6.02. The maximum absolute atomic E-state index is 6.02. The summed E-state index contributed by atoms with van der Waals surface area (Å²) < 4.78 is 0.893. The van der Waals surface area contributed by atoms with Gasteiger partial charge in [-0.3, -0.25) is 0 Å². The first-order valence-electron chi connectivity index (χ1n) is 6.21. The number of thiophene rings is 1. The first-order chi connectivity index (χ1) is 7.72. The van der Waals surface area contributed by atoms with Gasteiger partial charge in [-0.25, -0.2) is 0 Å². The second kappa shape index (κ2) is 7.31. The van der Waals surface area contributed by atoms with Crippen LogP contribution in [0.15, 0.2) is 12.1 Å². The number of hydrogen-bond donors (Lipinski definition) is 1. The third-order valence-corrected chi connectivity index (χ3v) is 4.35. The van der Waals surface area contributed by atoms with E-state index < -0.39 is 0 Å². The Hall–Kier alpha value is -0.0500. The third-order valence-electron chi connectivity index (χ3n) is 3.03. The van der Waals surface area contributed by atoms with Crippen molar-refractivity contribution in [2.45, 2.75) is 46.1 Å². The van der Waals surface area contributed by atoms with E-state index in [1.54, 1.807) is 11.3 Å². The Labute approximate surface area is 108 Å². The van der Waals surface area contributed by atoms with Gasteiger partial charge in [0.1, 0.15) is 0 Å². The summed E-state index contributed by atoms with van der Waals surface area (Å²) in [4.78, 5) is 1.38. The summed E-state index contributed by atoms with van der Waals surface area (Å²) in [5.74, 6) is 0.710. The molecule has 0 saturated carbocycles. The van der Waals surface area contributed by atoms with Crippen molar-refractivity contribution in [2.24, 2.45) is 5.92 Å². The standard InChI is InChI=1S/C13H22ClNS/c1-4-9-15-13(10(5-2)6-3)11-7-8-12(14)16-11/h7-8,10,13,15H,4-6,9H2,1-3H3. The van der Waals surface area contributed by atoms with E-state index in [0.29, 0.717) is 12.0 Å². The molecule has 1 N–H and O–H groups in total. The summed E-state index contributed by atoms with van der Waals surface area (Å²) in [5.41, 5.74) is 0. The molecule has 1 nitrogen and oxygen atoms in total. The molecule has 3 heteroatoms. The molecule has 16 heavy (non-hydrogen) atoms. The lowest BCUT2D eigenvalue weighted by Crippen LogP contribution is -2.27. The number of rotatable bonds is 7. The lowest BCUT2D eigenvalue weighted by molar-refractivity contribution is 0.346. The normalized spacial score (nSPS) is 13.3. The molecule has 0 aliphatic carbocycles. The Morgan fingerprint density at radius 1 is 1.25 bits per heavy atom. The van der Waals surface area contributed by atoms with Crippen LogP contribution in [0.5, 0.6) is 0 Å². The molecule has 1 atom stereocenters. The molecule has 0 saturated heterocycles. The third kappa shape index (κ3) is 3.76. The minimum atomic E-state index is 0.479. The van der Waals surface area contributed by atoms with Crippen LogP contribution in [-0.4, -0.2) is 6.54 Å². The first-order valence-corrected chi connectivity index (χ1v) is 7.40. The number of nitrogens with one attached hydrogen (secondary N) is 1. The van der Waals surface area contributed by atoms with Crippen molar-refractivity contribution in [3.63, 3.8) is 0 Å². The van der Waals surface area contributed by atoms with Crippen molar-refractivity contribution in [3.8, 4) is 0 Å². The molecule has 0 bridgehead atoms. The summed E-state index contributed by atoms with van der Waals surface area (Å²) in [7, 11) is 0. The second-order valence-corrected chi connectivity index (χ2v) is 5.90. The summed E-state index contributed by atoms with van der Waals surface area (Å²) in [6.45, 7) is 7.82. The van der Waals surface area contributed by atoms with Crippen molar-refractivity contribution in [3.05, 3.63) is 21.3 Å². The number of halogens is 1. The van der Waals surface area contributed by atoms with Gasteiger partial charge in [-0.05, 0) is 31.0 Å². The molecule has 1 aromatic heterocycles. The maximum Gasteiger partial charge on any atom is 0.0931 e. The molecule has 1 rings (SSSR count). The summed E-state index contributed by atoms with van der Waals surface area (Å²) in [6.07, 6.45) is 3.61. The van der Waals surface area contributed by atoms with Gasteiger partial charge in [0.05, 0.1) is 4.34 Å². The molecule has 0 aliphatic rings. The van der Waals surface area contributed by atoms with Crippen molar-refractivity contribution in [2.75, 3.05) is 6.54 Å². The highest BCUT2D eigenvalue weighted by molar-refractivity contribution is 7.16. The summed E-state index contributed by atoms with van der Waals surface area (Å²) in [6, 6.07) is 4.65. The molecule has 0 radical (unpaired) electrons. The van der Waals surface area contributed by atoms with Crippen LogP contribution < -0.4 is 5.32 Å². The fourth-order valence-corrected chi connectivity index (χ4v) is 3.29. The second-order valence-electron chi connectivity index (χ2n) is 4.15. The predicted molar refractivity (Wildman–Crippen MR) is 74.4 cm³/mol. The largest absolute Gasteiger partial charge is 0.309 e. The Kier molecular flexibility index (Phi) is 6.40. The first kappa shape index (κ1) is 14.0. The Bertz CT molecular complexity index is 294. The van der Waals surface area contributed by atoms with Gasteiger partial charge >= 0.3 is 0 Å². The zero-order valence-corrected chi connectivity index (χ0v) is 12.0. The van der Waals surface area contributed by atoms with E-state index >= 15 is 0 Å².